The molecule has 1 atom stereocenters. The zero-order valence-electron chi connectivity index (χ0n) is 14.6. The number of hydrogen-bond acceptors (Lipinski definition) is 6. The summed E-state index contributed by atoms with van der Waals surface area (Å²) >= 11 is 0. The van der Waals surface area contributed by atoms with Crippen molar-refractivity contribution in [2.75, 3.05) is 33.0 Å². The molecule has 6 heteroatoms. The number of esters is 2. The van der Waals surface area contributed by atoms with Gasteiger partial charge in [0.2, 0.25) is 0 Å². The summed E-state index contributed by atoms with van der Waals surface area (Å²) in [7, 11) is 0. The van der Waals surface area contributed by atoms with Crippen molar-refractivity contribution in [3.63, 3.8) is 0 Å². The van der Waals surface area contributed by atoms with Gasteiger partial charge < -0.3 is 19.9 Å². The number of rotatable bonds is 11. The van der Waals surface area contributed by atoms with Crippen molar-refractivity contribution in [1.82, 2.24) is 0 Å². The van der Waals surface area contributed by atoms with Crippen LogP contribution in [0.5, 0.6) is 0 Å². The fraction of sp³-hybridized carbons (Fsp3) is 0.875. The second-order valence-corrected chi connectivity index (χ2v) is 6.23. The Balaban J connectivity index is 4.69. The van der Waals surface area contributed by atoms with Crippen LogP contribution in [0.15, 0.2) is 0 Å². The van der Waals surface area contributed by atoms with Gasteiger partial charge in [0.25, 0.3) is 0 Å². The van der Waals surface area contributed by atoms with Crippen LogP contribution < -0.4 is 5.73 Å². The van der Waals surface area contributed by atoms with Gasteiger partial charge in [-0.2, -0.15) is 0 Å². The van der Waals surface area contributed by atoms with E-state index in [1.807, 2.05) is 20.8 Å². The number of hydrogen-bond donors (Lipinski definition) is 1. The molecule has 0 spiro atoms. The Bertz CT molecular complexity index is 356. The molecule has 1 unspecified atom stereocenters. The molecule has 0 aliphatic heterocycles. The van der Waals surface area contributed by atoms with Crippen LogP contribution >= 0.6 is 0 Å². The highest BCUT2D eigenvalue weighted by atomic mass is 16.6. The van der Waals surface area contributed by atoms with E-state index in [9.17, 15) is 9.59 Å². The smallest absolute Gasteiger partial charge is 0.311 e. The molecule has 22 heavy (non-hydrogen) atoms. The lowest BCUT2D eigenvalue weighted by Crippen LogP contribution is -2.39. The van der Waals surface area contributed by atoms with Gasteiger partial charge in [-0.15, -0.1) is 0 Å². The van der Waals surface area contributed by atoms with Gasteiger partial charge in [-0.05, 0) is 40.5 Å². The first-order valence-corrected chi connectivity index (χ1v) is 7.85. The Morgan fingerprint density at radius 3 is 2.05 bits per heavy atom. The first-order valence-electron chi connectivity index (χ1n) is 7.85. The molecule has 0 radical (unpaired) electrons. The summed E-state index contributed by atoms with van der Waals surface area (Å²) in [4.78, 5) is 24.4. The Morgan fingerprint density at radius 1 is 0.955 bits per heavy atom. The number of carbonyl (C=O) groups is 2. The summed E-state index contributed by atoms with van der Waals surface area (Å²) in [6.07, 6.45) is 0.932. The summed E-state index contributed by atoms with van der Waals surface area (Å²) in [5.41, 5.74) is 3.82. The molecule has 0 fully saturated rings. The minimum absolute atomic E-state index is 0.184. The van der Waals surface area contributed by atoms with Crippen LogP contribution in [0.3, 0.4) is 0 Å². The van der Waals surface area contributed by atoms with Gasteiger partial charge in [-0.1, -0.05) is 6.92 Å². The van der Waals surface area contributed by atoms with Crippen LogP contribution in [0.2, 0.25) is 0 Å². The van der Waals surface area contributed by atoms with Crippen molar-refractivity contribution >= 4 is 11.9 Å². The molecule has 2 N–H and O–H groups in total. The lowest BCUT2D eigenvalue weighted by molar-refractivity contribution is -0.163. The molecule has 0 bridgehead atoms. The summed E-state index contributed by atoms with van der Waals surface area (Å²) in [5.74, 6) is -0.658. The quantitative estimate of drug-likeness (QED) is 0.462. The van der Waals surface area contributed by atoms with Gasteiger partial charge >= 0.3 is 11.9 Å². The van der Waals surface area contributed by atoms with E-state index in [4.69, 9.17) is 19.9 Å². The number of carbonyl (C=O) groups excluding carboxylic acids is 2. The number of ether oxygens (including phenoxy) is 3. The fourth-order valence-electron chi connectivity index (χ4n) is 2.25. The van der Waals surface area contributed by atoms with Gasteiger partial charge in [-0.3, -0.25) is 9.59 Å². The van der Waals surface area contributed by atoms with Crippen LogP contribution in [0, 0.1) is 10.8 Å². The molecule has 0 amide bonds. The largest absolute Gasteiger partial charge is 0.464 e. The van der Waals surface area contributed by atoms with Crippen LogP contribution in [0.25, 0.3) is 0 Å². The van der Waals surface area contributed by atoms with Gasteiger partial charge in [0.05, 0.1) is 17.4 Å². The zero-order valence-corrected chi connectivity index (χ0v) is 14.6. The topological polar surface area (TPSA) is 87.8 Å². The number of nitrogens with two attached hydrogens (primary N) is 1. The fourth-order valence-corrected chi connectivity index (χ4v) is 2.25. The van der Waals surface area contributed by atoms with Crippen LogP contribution in [0.4, 0.5) is 0 Å². The van der Waals surface area contributed by atoms with E-state index in [-0.39, 0.29) is 31.7 Å². The van der Waals surface area contributed by atoms with Crippen molar-refractivity contribution < 1.29 is 23.8 Å². The maximum absolute atomic E-state index is 12.3. The van der Waals surface area contributed by atoms with E-state index in [2.05, 4.69) is 0 Å². The maximum Gasteiger partial charge on any atom is 0.311 e. The Morgan fingerprint density at radius 2 is 1.55 bits per heavy atom. The molecule has 0 aliphatic rings. The normalized spacial score (nSPS) is 14.3. The molecule has 0 aromatic carbocycles. The molecule has 130 valence electrons. The first-order chi connectivity index (χ1) is 10.2. The van der Waals surface area contributed by atoms with E-state index in [1.54, 1.807) is 13.8 Å². The van der Waals surface area contributed by atoms with Gasteiger partial charge in [-0.25, -0.2) is 0 Å². The molecular formula is C16H31NO5. The van der Waals surface area contributed by atoms with Crippen molar-refractivity contribution in [1.29, 1.82) is 0 Å². The standard InChI is InChI=1S/C16H31NO5/c1-6-16(5,14(19)22-11-10-20-7-2)12-15(3,4)13(18)21-9-8-17/h6-12,17H2,1-5H3. The van der Waals surface area contributed by atoms with E-state index in [1.165, 1.54) is 0 Å². The van der Waals surface area contributed by atoms with E-state index < -0.39 is 10.8 Å². The lowest BCUT2D eigenvalue weighted by atomic mass is 9.72. The highest BCUT2D eigenvalue weighted by Gasteiger charge is 2.42. The van der Waals surface area contributed by atoms with Crippen LogP contribution in [-0.4, -0.2) is 44.9 Å². The zero-order chi connectivity index (χ0) is 17.2. The van der Waals surface area contributed by atoms with E-state index in [0.717, 1.165) is 0 Å². The van der Waals surface area contributed by atoms with Crippen molar-refractivity contribution in [2.45, 2.75) is 47.5 Å². The van der Waals surface area contributed by atoms with Crippen molar-refractivity contribution in [3.05, 3.63) is 0 Å². The average molecular weight is 317 g/mol. The minimum atomic E-state index is -0.779. The third-order valence-electron chi connectivity index (χ3n) is 3.67. The lowest BCUT2D eigenvalue weighted by Gasteiger charge is -2.33. The van der Waals surface area contributed by atoms with Crippen LogP contribution in [0.1, 0.15) is 47.5 Å². The first kappa shape index (κ1) is 20.9. The monoisotopic (exact) mass is 317 g/mol. The second kappa shape index (κ2) is 9.79. The molecule has 0 rings (SSSR count). The third-order valence-corrected chi connectivity index (χ3v) is 3.67. The van der Waals surface area contributed by atoms with E-state index >= 15 is 0 Å². The van der Waals surface area contributed by atoms with Gasteiger partial charge in [0, 0.05) is 13.2 Å². The van der Waals surface area contributed by atoms with Crippen LogP contribution in [-0.2, 0) is 23.8 Å². The van der Waals surface area contributed by atoms with Gasteiger partial charge in [0.15, 0.2) is 0 Å². The maximum atomic E-state index is 12.3. The Labute approximate surface area is 133 Å². The molecule has 0 aromatic rings. The summed E-state index contributed by atoms with van der Waals surface area (Å²) < 4.78 is 15.5. The molecule has 0 saturated carbocycles. The molecule has 6 nitrogen and oxygen atoms in total. The van der Waals surface area contributed by atoms with Gasteiger partial charge in [0.1, 0.15) is 13.2 Å². The minimum Gasteiger partial charge on any atom is -0.464 e. The molecule has 0 heterocycles. The summed E-state index contributed by atoms with van der Waals surface area (Å²) in [6, 6.07) is 0. The van der Waals surface area contributed by atoms with Crippen molar-refractivity contribution in [3.8, 4) is 0 Å². The predicted molar refractivity (Wildman–Crippen MR) is 84.3 cm³/mol. The van der Waals surface area contributed by atoms with E-state index in [0.29, 0.717) is 26.1 Å². The SMILES string of the molecule is CCOCCOC(=O)C(C)(CC)CC(C)(C)C(=O)OCCN. The average Bonchev–Trinajstić information content (AvgIpc) is 2.48. The summed E-state index contributed by atoms with van der Waals surface area (Å²) in [6.45, 7) is 10.8. The predicted octanol–water partition coefficient (Wildman–Crippen LogP) is 1.90. The Kier molecular flexibility index (Phi) is 9.28. The Hall–Kier alpha value is -1.14. The summed E-state index contributed by atoms with van der Waals surface area (Å²) in [5, 5.41) is 0. The molecule has 0 saturated heterocycles. The highest BCUT2D eigenvalue weighted by molar-refractivity contribution is 5.80. The van der Waals surface area contributed by atoms with Crippen molar-refractivity contribution in [2.24, 2.45) is 16.6 Å². The molecule has 0 aliphatic carbocycles. The molecular weight excluding hydrogens is 286 g/mol. The second-order valence-electron chi connectivity index (χ2n) is 6.23. The highest BCUT2D eigenvalue weighted by Crippen LogP contribution is 2.38. The third kappa shape index (κ3) is 6.75. The molecule has 0 aromatic heterocycles.